The Hall–Kier alpha value is -1.42. The predicted octanol–water partition coefficient (Wildman–Crippen LogP) is 0.478. The van der Waals surface area contributed by atoms with Crippen LogP contribution in [0, 0.1) is 6.92 Å². The number of unbranched alkanes of at least 4 members (excludes halogenated alkanes) is 3. The number of nitrogens with one attached hydrogen (secondary N) is 1. The van der Waals surface area contributed by atoms with E-state index in [0.29, 0.717) is 6.54 Å². The van der Waals surface area contributed by atoms with Crippen LogP contribution in [0.3, 0.4) is 0 Å². The van der Waals surface area contributed by atoms with E-state index < -0.39 is 24.4 Å². The van der Waals surface area contributed by atoms with Crippen LogP contribution in [-0.2, 0) is 0 Å². The van der Waals surface area contributed by atoms with E-state index in [1.807, 2.05) is 4.90 Å². The fourth-order valence-corrected chi connectivity index (χ4v) is 4.76. The van der Waals surface area contributed by atoms with Gasteiger partial charge in [-0.25, -0.2) is 0 Å². The summed E-state index contributed by atoms with van der Waals surface area (Å²) in [6.07, 6.45) is 0.886. The second-order valence-corrected chi connectivity index (χ2v) is 9.42. The van der Waals surface area contributed by atoms with E-state index in [2.05, 4.69) is 47.3 Å². The molecule has 0 amide bonds. The molecule has 8 heteroatoms. The van der Waals surface area contributed by atoms with Gasteiger partial charge in [-0.15, -0.1) is 0 Å². The first-order valence-corrected chi connectivity index (χ1v) is 12.1. The van der Waals surface area contributed by atoms with E-state index in [1.54, 1.807) is 0 Å². The Kier molecular flexibility index (Phi) is 9.58. The molecule has 32 heavy (non-hydrogen) atoms. The molecule has 2 aliphatic heterocycles. The predicted molar refractivity (Wildman–Crippen MR) is 128 cm³/mol. The molecule has 0 radical (unpaired) electrons. The largest absolute Gasteiger partial charge is 0.395 e. The Balaban J connectivity index is 1.33. The van der Waals surface area contributed by atoms with Gasteiger partial charge in [-0.1, -0.05) is 12.8 Å². The number of aliphatic hydroxyl groups is 4. The van der Waals surface area contributed by atoms with Gasteiger partial charge in [0.2, 0.25) is 0 Å². The molecule has 0 saturated carbocycles. The number of nitrogens with zero attached hydrogens (tertiary/aromatic N) is 3. The third kappa shape index (κ3) is 6.56. The van der Waals surface area contributed by atoms with E-state index in [4.69, 9.17) is 0 Å². The normalized spacial score (nSPS) is 27.6. The van der Waals surface area contributed by atoms with Crippen LogP contribution in [0.1, 0.15) is 31.2 Å². The lowest BCUT2D eigenvalue weighted by Gasteiger charge is -2.43. The fourth-order valence-electron chi connectivity index (χ4n) is 4.76. The Morgan fingerprint density at radius 2 is 1.69 bits per heavy atom. The number of hydrogen-bond donors (Lipinski definition) is 5. The maximum Gasteiger partial charge on any atom is 0.109 e. The molecule has 5 N–H and O–H groups in total. The highest BCUT2D eigenvalue weighted by molar-refractivity contribution is 5.60. The van der Waals surface area contributed by atoms with Crippen LogP contribution < -0.4 is 10.2 Å². The van der Waals surface area contributed by atoms with E-state index in [0.717, 1.165) is 58.4 Å². The average molecular weight is 451 g/mol. The molecule has 0 aromatic heterocycles. The number of likely N-dealkylation sites (tertiary alicyclic amines) is 1. The van der Waals surface area contributed by atoms with Crippen molar-refractivity contribution in [3.63, 3.8) is 0 Å². The average Bonchev–Trinajstić information content (AvgIpc) is 2.78. The highest BCUT2D eigenvalue weighted by Gasteiger charge is 2.40. The number of benzene rings is 1. The van der Waals surface area contributed by atoms with E-state index in [1.165, 1.54) is 16.9 Å². The minimum Gasteiger partial charge on any atom is -0.395 e. The minimum absolute atomic E-state index is 0.220. The number of anilines is 2. The maximum absolute atomic E-state index is 10.1. The molecule has 2 fully saturated rings. The van der Waals surface area contributed by atoms with Crippen LogP contribution in [-0.4, -0.2) is 114 Å². The number of hydrogen-bond acceptors (Lipinski definition) is 8. The second kappa shape index (κ2) is 12.2. The van der Waals surface area contributed by atoms with Crippen molar-refractivity contribution in [2.24, 2.45) is 0 Å². The second-order valence-electron chi connectivity index (χ2n) is 9.42. The first-order chi connectivity index (χ1) is 15.4. The number of aryl methyl sites for hydroxylation is 1. The quantitative estimate of drug-likeness (QED) is 0.328. The van der Waals surface area contributed by atoms with Crippen LogP contribution >= 0.6 is 0 Å². The van der Waals surface area contributed by atoms with Gasteiger partial charge >= 0.3 is 0 Å². The molecular weight excluding hydrogens is 408 g/mol. The van der Waals surface area contributed by atoms with Crippen LogP contribution in [0.4, 0.5) is 11.4 Å². The molecular formula is C24H42N4O4. The summed E-state index contributed by atoms with van der Waals surface area (Å²) >= 11 is 0. The highest BCUT2D eigenvalue weighted by atomic mass is 16.4. The summed E-state index contributed by atoms with van der Waals surface area (Å²) in [4.78, 5) is 6.72. The molecule has 1 aromatic rings. The zero-order valence-electron chi connectivity index (χ0n) is 19.7. The topological polar surface area (TPSA) is 103 Å². The van der Waals surface area contributed by atoms with Gasteiger partial charge in [-0.2, -0.15) is 0 Å². The van der Waals surface area contributed by atoms with Crippen molar-refractivity contribution >= 4 is 11.4 Å². The SMILES string of the molecule is Cc1cc(N2CCN(C)CC2)ccc1NCCCCCCN1C[C@H](O)[C@@H](O)[C@H](O)[C@H]1CO. The molecule has 0 bridgehead atoms. The van der Waals surface area contributed by atoms with Gasteiger partial charge in [0.05, 0.1) is 18.8 Å². The number of β-amino-alcohol motifs (C(OH)–C–C–N with tert-alkyl or cyclic N) is 1. The van der Waals surface area contributed by atoms with E-state index >= 15 is 0 Å². The lowest BCUT2D eigenvalue weighted by atomic mass is 9.94. The fraction of sp³-hybridized carbons (Fsp3) is 0.750. The Bertz CT molecular complexity index is 699. The number of aliphatic hydroxyl groups excluding tert-OH is 4. The summed E-state index contributed by atoms with van der Waals surface area (Å²) in [7, 11) is 2.18. The van der Waals surface area contributed by atoms with Crippen molar-refractivity contribution in [1.29, 1.82) is 0 Å². The van der Waals surface area contributed by atoms with Crippen molar-refractivity contribution in [2.75, 3.05) is 69.7 Å². The highest BCUT2D eigenvalue weighted by Crippen LogP contribution is 2.24. The smallest absolute Gasteiger partial charge is 0.109 e. The number of piperidine rings is 1. The van der Waals surface area contributed by atoms with Gasteiger partial charge in [-0.05, 0) is 57.1 Å². The molecule has 0 aliphatic carbocycles. The first-order valence-electron chi connectivity index (χ1n) is 12.1. The third-order valence-corrected chi connectivity index (χ3v) is 6.98. The Morgan fingerprint density at radius 1 is 0.969 bits per heavy atom. The van der Waals surface area contributed by atoms with Gasteiger partial charge in [0.1, 0.15) is 12.2 Å². The molecule has 2 aliphatic rings. The Morgan fingerprint density at radius 3 is 2.38 bits per heavy atom. The van der Waals surface area contributed by atoms with Gasteiger partial charge in [0.15, 0.2) is 0 Å². The molecule has 3 rings (SSSR count). The van der Waals surface area contributed by atoms with Crippen molar-refractivity contribution in [3.8, 4) is 0 Å². The lowest BCUT2D eigenvalue weighted by Crippen LogP contribution is -2.62. The van der Waals surface area contributed by atoms with Crippen molar-refractivity contribution < 1.29 is 20.4 Å². The van der Waals surface area contributed by atoms with Crippen molar-refractivity contribution in [2.45, 2.75) is 57.0 Å². The number of rotatable bonds is 10. The molecule has 4 atom stereocenters. The zero-order chi connectivity index (χ0) is 23.1. The molecule has 1 aromatic carbocycles. The standard InChI is InChI=1S/C24H42N4O4/c1-18-15-19(27-13-11-26(2)12-14-27)7-8-20(18)25-9-5-3-4-6-10-28-16-22(30)24(32)23(31)21(28)17-29/h7-8,15,21-25,29-32H,3-6,9-14,16-17H2,1-2H3/t21-,22+,23-,24-/m1/s1. The molecule has 0 unspecified atom stereocenters. The van der Waals surface area contributed by atoms with Gasteiger partial charge in [0.25, 0.3) is 0 Å². The summed E-state index contributed by atoms with van der Waals surface area (Å²) < 4.78 is 0. The molecule has 2 saturated heterocycles. The summed E-state index contributed by atoms with van der Waals surface area (Å²) in [5, 5.41) is 42.8. The zero-order valence-corrected chi connectivity index (χ0v) is 19.7. The number of likely N-dealkylation sites (N-methyl/N-ethyl adjacent to an activating group) is 1. The monoisotopic (exact) mass is 450 g/mol. The molecule has 8 nitrogen and oxygen atoms in total. The van der Waals surface area contributed by atoms with Crippen LogP contribution in [0.15, 0.2) is 18.2 Å². The number of piperazine rings is 1. The molecule has 182 valence electrons. The minimum atomic E-state index is -1.19. The van der Waals surface area contributed by atoms with E-state index in [-0.39, 0.29) is 13.2 Å². The van der Waals surface area contributed by atoms with Crippen molar-refractivity contribution in [1.82, 2.24) is 9.80 Å². The van der Waals surface area contributed by atoms with Crippen LogP contribution in [0.25, 0.3) is 0 Å². The summed E-state index contributed by atoms with van der Waals surface area (Å²) in [5.41, 5.74) is 3.78. The first kappa shape index (κ1) is 25.2. The van der Waals surface area contributed by atoms with E-state index in [9.17, 15) is 20.4 Å². The lowest BCUT2D eigenvalue weighted by molar-refractivity contribution is -0.145. The van der Waals surface area contributed by atoms with Gasteiger partial charge in [-0.3, -0.25) is 4.90 Å². The third-order valence-electron chi connectivity index (χ3n) is 6.98. The molecule has 2 heterocycles. The molecule has 0 spiro atoms. The summed E-state index contributed by atoms with van der Waals surface area (Å²) in [6.45, 7) is 8.25. The van der Waals surface area contributed by atoms with Crippen LogP contribution in [0.2, 0.25) is 0 Å². The van der Waals surface area contributed by atoms with Crippen LogP contribution in [0.5, 0.6) is 0 Å². The maximum atomic E-state index is 10.1. The summed E-state index contributed by atoms with van der Waals surface area (Å²) in [5.74, 6) is 0. The van der Waals surface area contributed by atoms with Crippen molar-refractivity contribution in [3.05, 3.63) is 23.8 Å². The van der Waals surface area contributed by atoms with Gasteiger partial charge in [0, 0.05) is 50.6 Å². The Labute approximate surface area is 192 Å². The summed E-state index contributed by atoms with van der Waals surface area (Å²) in [6, 6.07) is 6.19. The van der Waals surface area contributed by atoms with Gasteiger partial charge < -0.3 is 35.5 Å².